The molecule has 1 aliphatic rings. The third-order valence-electron chi connectivity index (χ3n) is 4.51. The Balaban J connectivity index is 2.25. The first-order valence-corrected chi connectivity index (χ1v) is 7.99. The SMILES string of the molecule is CCc1nnc(N(C)CC2CCCC2)c(CN)c1CC. The van der Waals surface area contributed by atoms with Gasteiger partial charge in [-0.2, -0.15) is 5.10 Å². The Morgan fingerprint density at radius 1 is 1.10 bits per heavy atom. The van der Waals surface area contributed by atoms with E-state index in [4.69, 9.17) is 5.73 Å². The van der Waals surface area contributed by atoms with Crippen LogP contribution in [-0.2, 0) is 19.4 Å². The predicted molar refractivity (Wildman–Crippen MR) is 83.9 cm³/mol. The Morgan fingerprint density at radius 2 is 1.80 bits per heavy atom. The van der Waals surface area contributed by atoms with Gasteiger partial charge in [-0.05, 0) is 37.2 Å². The van der Waals surface area contributed by atoms with Crippen LogP contribution in [0, 0.1) is 5.92 Å². The molecular formula is C16H28N4. The molecule has 0 bridgehead atoms. The number of nitrogens with two attached hydrogens (primary N) is 1. The van der Waals surface area contributed by atoms with Crippen LogP contribution in [-0.4, -0.2) is 23.8 Å². The van der Waals surface area contributed by atoms with Gasteiger partial charge >= 0.3 is 0 Å². The fraction of sp³-hybridized carbons (Fsp3) is 0.750. The van der Waals surface area contributed by atoms with E-state index in [9.17, 15) is 0 Å². The summed E-state index contributed by atoms with van der Waals surface area (Å²) in [5, 5.41) is 8.89. The number of hydrogen-bond acceptors (Lipinski definition) is 4. The van der Waals surface area contributed by atoms with Gasteiger partial charge in [0, 0.05) is 25.7 Å². The van der Waals surface area contributed by atoms with Gasteiger partial charge in [0.05, 0.1) is 5.69 Å². The standard InChI is InChI=1S/C16H28N4/c1-4-13-14(10-17)16(19-18-15(13)5-2)20(3)11-12-8-6-7-9-12/h12H,4-11,17H2,1-3H3. The Kier molecular flexibility index (Phi) is 5.35. The summed E-state index contributed by atoms with van der Waals surface area (Å²) < 4.78 is 0. The Hall–Kier alpha value is -1.16. The van der Waals surface area contributed by atoms with Crippen molar-refractivity contribution in [1.82, 2.24) is 10.2 Å². The number of hydrogen-bond donors (Lipinski definition) is 1. The van der Waals surface area contributed by atoms with E-state index in [1.165, 1.54) is 36.8 Å². The quantitative estimate of drug-likeness (QED) is 0.868. The van der Waals surface area contributed by atoms with Crippen molar-refractivity contribution in [2.45, 2.75) is 58.9 Å². The maximum absolute atomic E-state index is 6.00. The lowest BCUT2D eigenvalue weighted by Crippen LogP contribution is -2.28. The summed E-state index contributed by atoms with van der Waals surface area (Å²) in [7, 11) is 2.13. The number of aryl methyl sites for hydroxylation is 1. The smallest absolute Gasteiger partial charge is 0.155 e. The van der Waals surface area contributed by atoms with Gasteiger partial charge in [-0.25, -0.2) is 0 Å². The summed E-state index contributed by atoms with van der Waals surface area (Å²) in [4.78, 5) is 2.27. The lowest BCUT2D eigenvalue weighted by atomic mass is 10.0. The molecule has 0 amide bonds. The highest BCUT2D eigenvalue weighted by atomic mass is 15.3. The second-order valence-electron chi connectivity index (χ2n) is 5.87. The zero-order chi connectivity index (χ0) is 14.5. The van der Waals surface area contributed by atoms with Gasteiger partial charge in [-0.15, -0.1) is 5.10 Å². The second-order valence-corrected chi connectivity index (χ2v) is 5.87. The van der Waals surface area contributed by atoms with E-state index < -0.39 is 0 Å². The number of nitrogens with zero attached hydrogens (tertiary/aromatic N) is 3. The van der Waals surface area contributed by atoms with E-state index in [1.807, 2.05) is 0 Å². The fourth-order valence-corrected chi connectivity index (χ4v) is 3.43. The molecule has 0 aromatic carbocycles. The molecule has 1 aliphatic carbocycles. The van der Waals surface area contributed by atoms with Crippen molar-refractivity contribution < 1.29 is 0 Å². The van der Waals surface area contributed by atoms with Gasteiger partial charge in [-0.3, -0.25) is 0 Å². The first-order chi connectivity index (χ1) is 9.71. The first kappa shape index (κ1) is 15.2. The predicted octanol–water partition coefficient (Wildman–Crippen LogP) is 2.69. The van der Waals surface area contributed by atoms with Crippen LogP contribution in [0.1, 0.15) is 56.4 Å². The van der Waals surface area contributed by atoms with E-state index in [2.05, 4.69) is 36.0 Å². The number of aromatic nitrogens is 2. The fourth-order valence-electron chi connectivity index (χ4n) is 3.43. The first-order valence-electron chi connectivity index (χ1n) is 7.99. The molecule has 1 aromatic heterocycles. The highest BCUT2D eigenvalue weighted by Crippen LogP contribution is 2.28. The minimum Gasteiger partial charge on any atom is -0.358 e. The van der Waals surface area contributed by atoms with Gasteiger partial charge in [0.25, 0.3) is 0 Å². The zero-order valence-corrected chi connectivity index (χ0v) is 13.2. The van der Waals surface area contributed by atoms with Crippen molar-refractivity contribution in [2.24, 2.45) is 11.7 Å². The largest absolute Gasteiger partial charge is 0.358 e. The van der Waals surface area contributed by atoms with Crippen molar-refractivity contribution in [3.8, 4) is 0 Å². The minimum absolute atomic E-state index is 0.552. The van der Waals surface area contributed by atoms with Crippen molar-refractivity contribution in [3.63, 3.8) is 0 Å². The summed E-state index contributed by atoms with van der Waals surface area (Å²) in [6, 6.07) is 0. The summed E-state index contributed by atoms with van der Waals surface area (Å²) in [6.45, 7) is 5.94. The van der Waals surface area contributed by atoms with E-state index in [0.29, 0.717) is 6.54 Å². The summed E-state index contributed by atoms with van der Waals surface area (Å²) >= 11 is 0. The van der Waals surface area contributed by atoms with E-state index >= 15 is 0 Å². The molecule has 20 heavy (non-hydrogen) atoms. The van der Waals surface area contributed by atoms with Crippen LogP contribution in [0.3, 0.4) is 0 Å². The second kappa shape index (κ2) is 7.02. The lowest BCUT2D eigenvalue weighted by Gasteiger charge is -2.25. The normalized spacial score (nSPS) is 15.8. The van der Waals surface area contributed by atoms with Crippen LogP contribution in [0.2, 0.25) is 0 Å². The minimum atomic E-state index is 0.552. The Morgan fingerprint density at radius 3 is 2.35 bits per heavy atom. The number of anilines is 1. The molecule has 0 aliphatic heterocycles. The molecule has 1 aromatic rings. The van der Waals surface area contributed by atoms with Crippen LogP contribution < -0.4 is 10.6 Å². The van der Waals surface area contributed by atoms with Crippen molar-refractivity contribution in [3.05, 3.63) is 16.8 Å². The van der Waals surface area contributed by atoms with E-state index in [1.54, 1.807) is 0 Å². The summed E-state index contributed by atoms with van der Waals surface area (Å²) in [5.41, 5.74) is 9.60. The van der Waals surface area contributed by atoms with Gasteiger partial charge in [0.15, 0.2) is 5.82 Å². The van der Waals surface area contributed by atoms with Crippen molar-refractivity contribution in [1.29, 1.82) is 0 Å². The number of rotatable bonds is 6. The van der Waals surface area contributed by atoms with Crippen LogP contribution in [0.4, 0.5) is 5.82 Å². The highest BCUT2D eigenvalue weighted by molar-refractivity contribution is 5.50. The van der Waals surface area contributed by atoms with Crippen LogP contribution >= 0.6 is 0 Å². The average molecular weight is 276 g/mol. The molecule has 1 fully saturated rings. The zero-order valence-electron chi connectivity index (χ0n) is 13.2. The summed E-state index contributed by atoms with van der Waals surface area (Å²) in [6.07, 6.45) is 7.37. The van der Waals surface area contributed by atoms with E-state index in [-0.39, 0.29) is 0 Å². The molecular weight excluding hydrogens is 248 g/mol. The Labute approximate surface area is 122 Å². The molecule has 1 saturated carbocycles. The monoisotopic (exact) mass is 276 g/mol. The molecule has 112 valence electrons. The highest BCUT2D eigenvalue weighted by Gasteiger charge is 2.21. The Bertz CT molecular complexity index is 438. The van der Waals surface area contributed by atoms with Gasteiger partial charge in [0.2, 0.25) is 0 Å². The van der Waals surface area contributed by atoms with Gasteiger partial charge < -0.3 is 10.6 Å². The van der Waals surface area contributed by atoms with E-state index in [0.717, 1.165) is 36.8 Å². The van der Waals surface area contributed by atoms with Gasteiger partial charge in [0.1, 0.15) is 0 Å². The average Bonchev–Trinajstić information content (AvgIpc) is 2.98. The van der Waals surface area contributed by atoms with Crippen LogP contribution in [0.5, 0.6) is 0 Å². The van der Waals surface area contributed by atoms with Crippen LogP contribution in [0.15, 0.2) is 0 Å². The molecule has 2 N–H and O–H groups in total. The van der Waals surface area contributed by atoms with Gasteiger partial charge in [-0.1, -0.05) is 26.7 Å². The molecule has 0 atom stereocenters. The summed E-state index contributed by atoms with van der Waals surface area (Å²) in [5.74, 6) is 1.80. The molecule has 2 rings (SSSR count). The molecule has 0 spiro atoms. The van der Waals surface area contributed by atoms with Crippen LogP contribution in [0.25, 0.3) is 0 Å². The molecule has 4 heteroatoms. The molecule has 0 saturated heterocycles. The van der Waals surface area contributed by atoms with Crippen molar-refractivity contribution in [2.75, 3.05) is 18.5 Å². The van der Waals surface area contributed by atoms with Crippen molar-refractivity contribution >= 4 is 5.82 Å². The topological polar surface area (TPSA) is 55.0 Å². The molecule has 4 nitrogen and oxygen atoms in total. The maximum atomic E-state index is 6.00. The third-order valence-corrected chi connectivity index (χ3v) is 4.51. The molecule has 0 unspecified atom stereocenters. The molecule has 1 heterocycles. The lowest BCUT2D eigenvalue weighted by molar-refractivity contribution is 0.542. The molecule has 0 radical (unpaired) electrons. The third kappa shape index (κ3) is 3.11. The maximum Gasteiger partial charge on any atom is 0.155 e.